The Balaban J connectivity index is 2.32. The molecule has 0 saturated carbocycles. The summed E-state index contributed by atoms with van der Waals surface area (Å²) in [5.74, 6) is 1.89. The van der Waals surface area contributed by atoms with Crippen LogP contribution in [0.25, 0.3) is 6.08 Å². The minimum atomic E-state index is -0.220. The molecule has 0 unspecified atom stereocenters. The highest BCUT2D eigenvalue weighted by Crippen LogP contribution is 2.34. The van der Waals surface area contributed by atoms with Crippen LogP contribution in [0, 0.1) is 0 Å². The quantitative estimate of drug-likeness (QED) is 0.574. The largest absolute Gasteiger partial charge is 0.497 e. The van der Waals surface area contributed by atoms with Gasteiger partial charge in [0.15, 0.2) is 5.78 Å². The zero-order valence-electron chi connectivity index (χ0n) is 14.2. The first kappa shape index (κ1) is 17.4. The molecule has 0 N–H and O–H groups in total. The molecule has 0 heterocycles. The Bertz CT molecular complexity index is 707. The van der Waals surface area contributed by atoms with Gasteiger partial charge in [0.25, 0.3) is 0 Å². The number of hydrogen-bond donors (Lipinski definition) is 0. The second-order valence-corrected chi connectivity index (χ2v) is 4.88. The Morgan fingerprint density at radius 3 is 1.79 bits per heavy atom. The second-order valence-electron chi connectivity index (χ2n) is 4.88. The maximum Gasteiger partial charge on any atom is 0.193 e. The average Bonchev–Trinajstić information content (AvgIpc) is 2.65. The number of carbonyl (C=O) groups is 1. The van der Waals surface area contributed by atoms with E-state index in [4.69, 9.17) is 18.9 Å². The van der Waals surface area contributed by atoms with Gasteiger partial charge in [-0.1, -0.05) is 18.2 Å². The standard InChI is InChI=1S/C19H20O5/c1-21-14-8-5-13(6-9-14)7-10-16(20)19-17(23-3)11-15(22-2)12-18(19)24-4/h5-12H,1-4H3/b10-7-. The number of hydrogen-bond acceptors (Lipinski definition) is 5. The van der Waals surface area contributed by atoms with Crippen LogP contribution in [-0.4, -0.2) is 34.2 Å². The van der Waals surface area contributed by atoms with Gasteiger partial charge in [-0.3, -0.25) is 4.79 Å². The smallest absolute Gasteiger partial charge is 0.193 e. The fraction of sp³-hybridized carbons (Fsp3) is 0.211. The number of methoxy groups -OCH3 is 4. The van der Waals surface area contributed by atoms with E-state index in [9.17, 15) is 4.79 Å². The van der Waals surface area contributed by atoms with Crippen LogP contribution < -0.4 is 18.9 Å². The fourth-order valence-corrected chi connectivity index (χ4v) is 2.22. The first-order valence-electron chi connectivity index (χ1n) is 7.29. The van der Waals surface area contributed by atoms with Gasteiger partial charge in [-0.05, 0) is 23.8 Å². The van der Waals surface area contributed by atoms with E-state index in [0.717, 1.165) is 11.3 Å². The molecule has 0 amide bonds. The van der Waals surface area contributed by atoms with E-state index >= 15 is 0 Å². The molecule has 2 aromatic rings. The summed E-state index contributed by atoms with van der Waals surface area (Å²) in [6.45, 7) is 0. The van der Waals surface area contributed by atoms with Gasteiger partial charge in [-0.25, -0.2) is 0 Å². The van der Waals surface area contributed by atoms with Crippen LogP contribution >= 0.6 is 0 Å². The molecular formula is C19H20O5. The van der Waals surface area contributed by atoms with Crippen LogP contribution in [0.4, 0.5) is 0 Å². The molecule has 0 aromatic heterocycles. The molecule has 0 aliphatic carbocycles. The summed E-state index contributed by atoms with van der Waals surface area (Å²) in [5.41, 5.74) is 1.24. The molecule has 126 valence electrons. The van der Waals surface area contributed by atoms with Crippen molar-refractivity contribution in [3.05, 3.63) is 53.6 Å². The summed E-state index contributed by atoms with van der Waals surface area (Å²) >= 11 is 0. The molecule has 0 bridgehead atoms. The Labute approximate surface area is 141 Å². The fourth-order valence-electron chi connectivity index (χ4n) is 2.22. The number of rotatable bonds is 7. The third-order valence-corrected chi connectivity index (χ3v) is 3.50. The Hall–Kier alpha value is -2.95. The van der Waals surface area contributed by atoms with E-state index in [1.165, 1.54) is 20.3 Å². The summed E-state index contributed by atoms with van der Waals surface area (Å²) in [5, 5.41) is 0. The molecule has 5 nitrogen and oxygen atoms in total. The van der Waals surface area contributed by atoms with Gasteiger partial charge in [-0.15, -0.1) is 0 Å². The first-order chi connectivity index (χ1) is 11.6. The van der Waals surface area contributed by atoms with Crippen molar-refractivity contribution in [2.75, 3.05) is 28.4 Å². The molecular weight excluding hydrogens is 308 g/mol. The van der Waals surface area contributed by atoms with Crippen molar-refractivity contribution in [2.24, 2.45) is 0 Å². The Kier molecular flexibility index (Phi) is 5.84. The summed E-state index contributed by atoms with van der Waals surface area (Å²) in [4.78, 5) is 12.6. The predicted octanol–water partition coefficient (Wildman–Crippen LogP) is 3.62. The number of ether oxygens (including phenoxy) is 4. The first-order valence-corrected chi connectivity index (χ1v) is 7.29. The van der Waals surface area contributed by atoms with Crippen molar-refractivity contribution >= 4 is 11.9 Å². The summed E-state index contributed by atoms with van der Waals surface area (Å²) in [7, 11) is 6.15. The molecule has 2 aromatic carbocycles. The van der Waals surface area contributed by atoms with Crippen molar-refractivity contribution in [3.63, 3.8) is 0 Å². The van der Waals surface area contributed by atoms with Crippen LogP contribution in [0.5, 0.6) is 23.0 Å². The zero-order chi connectivity index (χ0) is 17.5. The minimum absolute atomic E-state index is 0.220. The SMILES string of the molecule is COc1ccc(/C=C\C(=O)c2c(OC)cc(OC)cc2OC)cc1. The number of carbonyl (C=O) groups excluding carboxylic acids is 1. The topological polar surface area (TPSA) is 54.0 Å². The normalized spacial score (nSPS) is 10.5. The van der Waals surface area contributed by atoms with E-state index in [0.29, 0.717) is 22.8 Å². The molecule has 0 atom stereocenters. The molecule has 0 spiro atoms. The molecule has 0 fully saturated rings. The highest BCUT2D eigenvalue weighted by molar-refractivity contribution is 6.10. The second kappa shape index (κ2) is 8.06. The van der Waals surface area contributed by atoms with Gasteiger partial charge in [-0.2, -0.15) is 0 Å². The zero-order valence-corrected chi connectivity index (χ0v) is 14.2. The third kappa shape index (κ3) is 3.87. The monoisotopic (exact) mass is 328 g/mol. The van der Waals surface area contributed by atoms with Crippen LogP contribution in [0.2, 0.25) is 0 Å². The summed E-state index contributed by atoms with van der Waals surface area (Å²) in [6.07, 6.45) is 3.21. The molecule has 0 aliphatic heterocycles. The molecule has 0 radical (unpaired) electrons. The number of benzene rings is 2. The average molecular weight is 328 g/mol. The van der Waals surface area contributed by atoms with Gasteiger partial charge < -0.3 is 18.9 Å². The maximum atomic E-state index is 12.6. The van der Waals surface area contributed by atoms with Gasteiger partial charge >= 0.3 is 0 Å². The summed E-state index contributed by atoms with van der Waals surface area (Å²) < 4.78 is 20.9. The van der Waals surface area contributed by atoms with Crippen molar-refractivity contribution in [1.29, 1.82) is 0 Å². The number of ketones is 1. The Morgan fingerprint density at radius 1 is 0.792 bits per heavy atom. The van der Waals surface area contributed by atoms with Crippen LogP contribution in [-0.2, 0) is 0 Å². The molecule has 0 saturated heterocycles. The van der Waals surface area contributed by atoms with Gasteiger partial charge in [0.1, 0.15) is 28.6 Å². The maximum absolute atomic E-state index is 12.6. The highest BCUT2D eigenvalue weighted by atomic mass is 16.5. The molecule has 0 aliphatic rings. The van der Waals surface area contributed by atoms with Gasteiger partial charge in [0.2, 0.25) is 0 Å². The lowest BCUT2D eigenvalue weighted by molar-refractivity contribution is 0.104. The number of allylic oxidation sites excluding steroid dienone is 1. The summed E-state index contributed by atoms with van der Waals surface area (Å²) in [6, 6.07) is 10.7. The van der Waals surface area contributed by atoms with Crippen molar-refractivity contribution in [2.45, 2.75) is 0 Å². The van der Waals surface area contributed by atoms with Crippen molar-refractivity contribution in [1.82, 2.24) is 0 Å². The van der Waals surface area contributed by atoms with E-state index < -0.39 is 0 Å². The molecule has 5 heteroatoms. The van der Waals surface area contributed by atoms with Crippen LogP contribution in [0.3, 0.4) is 0 Å². The highest BCUT2D eigenvalue weighted by Gasteiger charge is 2.18. The van der Waals surface area contributed by atoms with Crippen LogP contribution in [0.15, 0.2) is 42.5 Å². The van der Waals surface area contributed by atoms with Gasteiger partial charge in [0.05, 0.1) is 28.4 Å². The van der Waals surface area contributed by atoms with E-state index in [1.807, 2.05) is 24.3 Å². The Morgan fingerprint density at radius 2 is 1.33 bits per heavy atom. The van der Waals surface area contributed by atoms with Gasteiger partial charge in [0, 0.05) is 12.1 Å². The molecule has 2 rings (SSSR count). The van der Waals surface area contributed by atoms with Crippen molar-refractivity contribution < 1.29 is 23.7 Å². The lowest BCUT2D eigenvalue weighted by Crippen LogP contribution is -2.03. The van der Waals surface area contributed by atoms with E-state index in [2.05, 4.69) is 0 Å². The minimum Gasteiger partial charge on any atom is -0.497 e. The lowest BCUT2D eigenvalue weighted by Gasteiger charge is -2.13. The van der Waals surface area contributed by atoms with E-state index in [1.54, 1.807) is 32.4 Å². The predicted molar refractivity (Wildman–Crippen MR) is 92.5 cm³/mol. The molecule has 24 heavy (non-hydrogen) atoms. The van der Waals surface area contributed by atoms with Crippen molar-refractivity contribution in [3.8, 4) is 23.0 Å². The third-order valence-electron chi connectivity index (χ3n) is 3.50. The van der Waals surface area contributed by atoms with Crippen LogP contribution in [0.1, 0.15) is 15.9 Å². The lowest BCUT2D eigenvalue weighted by atomic mass is 10.1. The van der Waals surface area contributed by atoms with E-state index in [-0.39, 0.29) is 5.78 Å².